The van der Waals surface area contributed by atoms with Crippen molar-refractivity contribution in [3.05, 3.63) is 70.6 Å². The molecular weight excluding hydrogens is 425 g/mol. The third-order valence-electron chi connectivity index (χ3n) is 5.02. The number of hydrogen-bond donors (Lipinski definition) is 2. The van der Waals surface area contributed by atoms with Crippen LogP contribution in [0, 0.1) is 5.82 Å². The molecule has 1 saturated heterocycles. The number of ether oxygens (including phenoxy) is 1. The first-order chi connectivity index (χ1) is 14.9. The van der Waals surface area contributed by atoms with Crippen LogP contribution in [0.15, 0.2) is 59.3 Å². The summed E-state index contributed by atoms with van der Waals surface area (Å²) in [6.07, 6.45) is 1.92. The van der Waals surface area contributed by atoms with Crippen molar-refractivity contribution in [1.82, 2.24) is 5.32 Å². The lowest BCUT2D eigenvalue weighted by atomic mass is 10.1. The minimum Gasteiger partial charge on any atom is -0.376 e. The molecule has 4 rings (SSSR count). The Morgan fingerprint density at radius 2 is 1.94 bits per heavy atom. The van der Waals surface area contributed by atoms with Crippen molar-refractivity contribution in [2.24, 2.45) is 0 Å². The maximum absolute atomic E-state index is 13.2. The van der Waals surface area contributed by atoms with Crippen molar-refractivity contribution in [3.8, 4) is 0 Å². The number of amides is 3. The molecule has 31 heavy (non-hydrogen) atoms. The fraction of sp³-hybridized carbons (Fsp3) is 0.227. The fourth-order valence-corrected chi connectivity index (χ4v) is 3.65. The molecular formula is C22H19ClFN3O4. The second-order valence-electron chi connectivity index (χ2n) is 7.16. The van der Waals surface area contributed by atoms with E-state index < -0.39 is 17.6 Å². The van der Waals surface area contributed by atoms with Crippen LogP contribution in [0.1, 0.15) is 23.2 Å². The molecule has 0 aliphatic carbocycles. The van der Waals surface area contributed by atoms with Gasteiger partial charge >= 0.3 is 0 Å². The lowest BCUT2D eigenvalue weighted by Gasteiger charge is -2.15. The summed E-state index contributed by atoms with van der Waals surface area (Å²) in [4.78, 5) is 38.6. The predicted octanol–water partition coefficient (Wildman–Crippen LogP) is 3.17. The van der Waals surface area contributed by atoms with Gasteiger partial charge < -0.3 is 15.4 Å². The second kappa shape index (κ2) is 8.87. The van der Waals surface area contributed by atoms with Gasteiger partial charge in [-0.1, -0.05) is 17.7 Å². The van der Waals surface area contributed by atoms with Crippen molar-refractivity contribution in [2.75, 3.05) is 23.4 Å². The van der Waals surface area contributed by atoms with E-state index in [2.05, 4.69) is 10.6 Å². The van der Waals surface area contributed by atoms with Gasteiger partial charge in [0.05, 0.1) is 11.8 Å². The Balaban J connectivity index is 1.47. The summed E-state index contributed by atoms with van der Waals surface area (Å²) in [5.74, 6) is -2.16. The molecule has 1 fully saturated rings. The number of benzene rings is 2. The van der Waals surface area contributed by atoms with Gasteiger partial charge in [-0.3, -0.25) is 14.4 Å². The lowest BCUT2D eigenvalue weighted by Crippen LogP contribution is -2.32. The first kappa shape index (κ1) is 21.0. The summed E-state index contributed by atoms with van der Waals surface area (Å²) in [6.45, 7) is 1.13. The van der Waals surface area contributed by atoms with E-state index >= 15 is 0 Å². The van der Waals surface area contributed by atoms with Crippen LogP contribution in [0.2, 0.25) is 0 Å². The molecule has 1 unspecified atom stereocenters. The van der Waals surface area contributed by atoms with E-state index in [9.17, 15) is 18.8 Å². The third kappa shape index (κ3) is 4.45. The van der Waals surface area contributed by atoms with E-state index in [0.717, 1.165) is 29.9 Å². The van der Waals surface area contributed by atoms with Gasteiger partial charge in [-0.25, -0.2) is 9.29 Å². The average Bonchev–Trinajstić information content (AvgIpc) is 3.36. The maximum atomic E-state index is 13.2. The molecule has 0 spiro atoms. The summed E-state index contributed by atoms with van der Waals surface area (Å²) in [6, 6.07) is 11.4. The fourth-order valence-electron chi connectivity index (χ4n) is 3.43. The van der Waals surface area contributed by atoms with Crippen LogP contribution in [-0.4, -0.2) is 37.0 Å². The first-order valence-corrected chi connectivity index (χ1v) is 10.1. The standard InChI is InChI=1S/C22H19ClFN3O4/c23-18-19(22(30)27(21(18)29)16-8-6-14(24)7-9-16)26-15-4-1-3-13(11-15)20(28)25-12-17-5-2-10-31-17/h1,3-4,6-9,11,17,26H,2,5,10,12H2,(H,25,28). The normalized spacial score (nSPS) is 18.6. The van der Waals surface area contributed by atoms with Gasteiger partial charge in [0.15, 0.2) is 0 Å². The molecule has 0 saturated carbocycles. The number of imide groups is 1. The number of hydrogen-bond acceptors (Lipinski definition) is 5. The van der Waals surface area contributed by atoms with Crippen LogP contribution >= 0.6 is 11.6 Å². The lowest BCUT2D eigenvalue weighted by molar-refractivity contribution is -0.120. The van der Waals surface area contributed by atoms with E-state index in [1.165, 1.54) is 12.1 Å². The zero-order chi connectivity index (χ0) is 22.0. The monoisotopic (exact) mass is 443 g/mol. The molecule has 3 amide bonds. The van der Waals surface area contributed by atoms with E-state index in [1.807, 2.05) is 0 Å². The maximum Gasteiger partial charge on any atom is 0.283 e. The Kier molecular flexibility index (Phi) is 6.01. The van der Waals surface area contributed by atoms with Gasteiger partial charge in [0.1, 0.15) is 16.5 Å². The summed E-state index contributed by atoms with van der Waals surface area (Å²) in [5.41, 5.74) is 0.883. The molecule has 0 bridgehead atoms. The molecule has 0 radical (unpaired) electrons. The molecule has 2 aliphatic rings. The third-order valence-corrected chi connectivity index (χ3v) is 5.37. The highest BCUT2D eigenvalue weighted by atomic mass is 35.5. The van der Waals surface area contributed by atoms with Gasteiger partial charge in [-0.2, -0.15) is 0 Å². The van der Waals surface area contributed by atoms with E-state index in [-0.39, 0.29) is 28.4 Å². The number of anilines is 2. The SMILES string of the molecule is O=C(NCC1CCCO1)c1cccc(NC2=C(Cl)C(=O)N(c3ccc(F)cc3)C2=O)c1. The van der Waals surface area contributed by atoms with Crippen LogP contribution in [0.4, 0.5) is 15.8 Å². The molecule has 2 heterocycles. The highest BCUT2D eigenvalue weighted by molar-refractivity contribution is 6.53. The van der Waals surface area contributed by atoms with Crippen LogP contribution in [0.5, 0.6) is 0 Å². The van der Waals surface area contributed by atoms with E-state index in [0.29, 0.717) is 24.4 Å². The summed E-state index contributed by atoms with van der Waals surface area (Å²) in [5, 5.41) is 5.37. The smallest absolute Gasteiger partial charge is 0.283 e. The molecule has 160 valence electrons. The number of nitrogens with zero attached hydrogens (tertiary/aromatic N) is 1. The predicted molar refractivity (Wildman–Crippen MR) is 113 cm³/mol. The molecule has 9 heteroatoms. The summed E-state index contributed by atoms with van der Waals surface area (Å²) in [7, 11) is 0. The first-order valence-electron chi connectivity index (χ1n) is 9.75. The van der Waals surface area contributed by atoms with Gasteiger partial charge in [0.25, 0.3) is 17.7 Å². The number of carbonyl (C=O) groups is 3. The molecule has 2 aromatic carbocycles. The molecule has 2 aromatic rings. The summed E-state index contributed by atoms with van der Waals surface area (Å²) >= 11 is 6.11. The van der Waals surface area contributed by atoms with Crippen molar-refractivity contribution < 1.29 is 23.5 Å². The Morgan fingerprint density at radius 1 is 1.16 bits per heavy atom. The Bertz CT molecular complexity index is 1060. The topological polar surface area (TPSA) is 87.7 Å². The molecule has 2 N–H and O–H groups in total. The molecule has 0 aromatic heterocycles. The van der Waals surface area contributed by atoms with Gasteiger partial charge in [0, 0.05) is 24.4 Å². The van der Waals surface area contributed by atoms with Crippen molar-refractivity contribution in [1.29, 1.82) is 0 Å². The number of carbonyl (C=O) groups excluding carboxylic acids is 3. The number of halogens is 2. The van der Waals surface area contributed by atoms with Crippen molar-refractivity contribution in [2.45, 2.75) is 18.9 Å². The molecule has 1 atom stereocenters. The Labute approximate surface area is 182 Å². The van der Waals surface area contributed by atoms with Crippen LogP contribution < -0.4 is 15.5 Å². The zero-order valence-electron chi connectivity index (χ0n) is 16.4. The highest BCUT2D eigenvalue weighted by Gasteiger charge is 2.39. The van der Waals surface area contributed by atoms with E-state index in [4.69, 9.17) is 16.3 Å². The van der Waals surface area contributed by atoms with Crippen LogP contribution in [-0.2, 0) is 14.3 Å². The summed E-state index contributed by atoms with van der Waals surface area (Å²) < 4.78 is 18.7. The van der Waals surface area contributed by atoms with Gasteiger partial charge in [-0.15, -0.1) is 0 Å². The average molecular weight is 444 g/mol. The molecule has 7 nitrogen and oxygen atoms in total. The largest absolute Gasteiger partial charge is 0.376 e. The minimum atomic E-state index is -0.716. The number of rotatable bonds is 6. The van der Waals surface area contributed by atoms with Crippen molar-refractivity contribution >= 4 is 40.7 Å². The van der Waals surface area contributed by atoms with Crippen LogP contribution in [0.25, 0.3) is 0 Å². The zero-order valence-corrected chi connectivity index (χ0v) is 17.1. The minimum absolute atomic E-state index is 0.0220. The van der Waals surface area contributed by atoms with Gasteiger partial charge in [0.2, 0.25) is 0 Å². The van der Waals surface area contributed by atoms with Gasteiger partial charge in [-0.05, 0) is 55.3 Å². The van der Waals surface area contributed by atoms with Crippen LogP contribution in [0.3, 0.4) is 0 Å². The Morgan fingerprint density at radius 3 is 2.65 bits per heavy atom. The van der Waals surface area contributed by atoms with E-state index in [1.54, 1.807) is 24.3 Å². The second-order valence-corrected chi connectivity index (χ2v) is 7.54. The van der Waals surface area contributed by atoms with Crippen molar-refractivity contribution in [3.63, 3.8) is 0 Å². The number of nitrogens with one attached hydrogen (secondary N) is 2. The Hall–Kier alpha value is -3.23. The molecule has 2 aliphatic heterocycles. The highest BCUT2D eigenvalue weighted by Crippen LogP contribution is 2.30. The quantitative estimate of drug-likeness (QED) is 0.669.